The van der Waals surface area contributed by atoms with Gasteiger partial charge in [-0.05, 0) is 25.8 Å². The molecule has 0 bridgehead atoms. The van der Waals surface area contributed by atoms with Crippen LogP contribution < -0.4 is 5.73 Å². The fourth-order valence-corrected chi connectivity index (χ4v) is 3.22. The van der Waals surface area contributed by atoms with Crippen LogP contribution in [0.4, 0.5) is 0 Å². The predicted octanol–water partition coefficient (Wildman–Crippen LogP) is 2.65. The standard InChI is InChI=1S/C11H18N2S/c1-7(2)11-13-10-8(5-6-12)3-4-9(10)14-11/h7-8H,3-6,12H2,1-2H3. The van der Waals surface area contributed by atoms with Crippen LogP contribution in [0.15, 0.2) is 0 Å². The molecule has 3 heteroatoms. The maximum absolute atomic E-state index is 5.61. The van der Waals surface area contributed by atoms with Crippen LogP contribution >= 0.6 is 11.3 Å². The van der Waals surface area contributed by atoms with Crippen LogP contribution in [0.1, 0.15) is 54.1 Å². The first-order chi connectivity index (χ1) is 6.72. The highest BCUT2D eigenvalue weighted by Crippen LogP contribution is 2.39. The second-order valence-electron chi connectivity index (χ2n) is 4.33. The van der Waals surface area contributed by atoms with E-state index in [1.54, 1.807) is 0 Å². The minimum atomic E-state index is 0.573. The number of hydrogen-bond acceptors (Lipinski definition) is 3. The van der Waals surface area contributed by atoms with Crippen LogP contribution in [0.25, 0.3) is 0 Å². The van der Waals surface area contributed by atoms with Gasteiger partial charge in [-0.2, -0.15) is 0 Å². The Labute approximate surface area is 89.5 Å². The molecule has 78 valence electrons. The second kappa shape index (κ2) is 3.99. The molecule has 0 aromatic carbocycles. The predicted molar refractivity (Wildman–Crippen MR) is 60.9 cm³/mol. The summed E-state index contributed by atoms with van der Waals surface area (Å²) in [6, 6.07) is 0. The molecule has 14 heavy (non-hydrogen) atoms. The van der Waals surface area contributed by atoms with Crippen molar-refractivity contribution in [1.29, 1.82) is 0 Å². The summed E-state index contributed by atoms with van der Waals surface area (Å²) in [6.45, 7) is 5.22. The Morgan fingerprint density at radius 2 is 2.36 bits per heavy atom. The topological polar surface area (TPSA) is 38.9 Å². The monoisotopic (exact) mass is 210 g/mol. The largest absolute Gasteiger partial charge is 0.330 e. The molecule has 0 amide bonds. The lowest BCUT2D eigenvalue weighted by atomic mass is 10.0. The first-order valence-corrected chi connectivity index (χ1v) is 6.23. The Morgan fingerprint density at radius 3 is 3.00 bits per heavy atom. The average molecular weight is 210 g/mol. The van der Waals surface area contributed by atoms with Crippen molar-refractivity contribution < 1.29 is 0 Å². The molecule has 0 saturated carbocycles. The van der Waals surface area contributed by atoms with E-state index in [1.807, 2.05) is 11.3 Å². The zero-order valence-corrected chi connectivity index (χ0v) is 9.73. The summed E-state index contributed by atoms with van der Waals surface area (Å²) in [5.74, 6) is 1.22. The van der Waals surface area contributed by atoms with Gasteiger partial charge in [0, 0.05) is 16.7 Å². The first kappa shape index (κ1) is 10.1. The van der Waals surface area contributed by atoms with E-state index in [9.17, 15) is 0 Å². The van der Waals surface area contributed by atoms with Crippen molar-refractivity contribution in [2.75, 3.05) is 6.54 Å². The van der Waals surface area contributed by atoms with Crippen molar-refractivity contribution in [1.82, 2.24) is 4.98 Å². The molecule has 0 radical (unpaired) electrons. The maximum atomic E-state index is 5.61. The number of rotatable bonds is 3. The van der Waals surface area contributed by atoms with Crippen molar-refractivity contribution in [3.05, 3.63) is 15.6 Å². The van der Waals surface area contributed by atoms with Crippen molar-refractivity contribution >= 4 is 11.3 Å². The van der Waals surface area contributed by atoms with Gasteiger partial charge >= 0.3 is 0 Å². The van der Waals surface area contributed by atoms with E-state index >= 15 is 0 Å². The molecular weight excluding hydrogens is 192 g/mol. The smallest absolute Gasteiger partial charge is 0.0956 e. The summed E-state index contributed by atoms with van der Waals surface area (Å²) in [6.07, 6.45) is 3.60. The van der Waals surface area contributed by atoms with E-state index in [0.717, 1.165) is 13.0 Å². The number of fused-ring (bicyclic) bond motifs is 1. The molecule has 1 atom stereocenters. The van der Waals surface area contributed by atoms with Gasteiger partial charge in [-0.1, -0.05) is 13.8 Å². The zero-order valence-electron chi connectivity index (χ0n) is 8.92. The Morgan fingerprint density at radius 1 is 1.57 bits per heavy atom. The van der Waals surface area contributed by atoms with Crippen molar-refractivity contribution in [3.8, 4) is 0 Å². The van der Waals surface area contributed by atoms with Crippen LogP contribution in [0.2, 0.25) is 0 Å². The van der Waals surface area contributed by atoms with Crippen molar-refractivity contribution in [2.24, 2.45) is 5.73 Å². The Balaban J connectivity index is 2.21. The molecule has 1 unspecified atom stereocenters. The lowest BCUT2D eigenvalue weighted by molar-refractivity contribution is 0.612. The molecule has 0 fully saturated rings. The van der Waals surface area contributed by atoms with E-state index in [2.05, 4.69) is 13.8 Å². The van der Waals surface area contributed by atoms with E-state index < -0.39 is 0 Å². The zero-order chi connectivity index (χ0) is 10.1. The molecule has 1 aliphatic rings. The van der Waals surface area contributed by atoms with Gasteiger partial charge in [0.2, 0.25) is 0 Å². The van der Waals surface area contributed by atoms with Crippen LogP contribution in [0, 0.1) is 0 Å². The average Bonchev–Trinajstić information content (AvgIpc) is 2.67. The van der Waals surface area contributed by atoms with Gasteiger partial charge in [0.15, 0.2) is 0 Å². The summed E-state index contributed by atoms with van der Waals surface area (Å²) in [5, 5.41) is 1.30. The molecule has 2 N–H and O–H groups in total. The SMILES string of the molecule is CC(C)c1nc2c(s1)CCC2CCN. The van der Waals surface area contributed by atoms with Crippen LogP contribution in [-0.4, -0.2) is 11.5 Å². The maximum Gasteiger partial charge on any atom is 0.0956 e. The van der Waals surface area contributed by atoms with E-state index in [4.69, 9.17) is 10.7 Å². The Kier molecular flexibility index (Phi) is 2.88. The third-order valence-electron chi connectivity index (χ3n) is 2.86. The molecule has 0 saturated heterocycles. The molecule has 0 aliphatic heterocycles. The number of aromatic nitrogens is 1. The highest BCUT2D eigenvalue weighted by atomic mass is 32.1. The summed E-state index contributed by atoms with van der Waals surface area (Å²) >= 11 is 1.91. The third kappa shape index (κ3) is 1.71. The van der Waals surface area contributed by atoms with Gasteiger partial charge in [0.1, 0.15) is 0 Å². The summed E-state index contributed by atoms with van der Waals surface area (Å²) in [7, 11) is 0. The molecule has 1 aliphatic carbocycles. The minimum absolute atomic E-state index is 0.573. The van der Waals surface area contributed by atoms with Crippen molar-refractivity contribution in [2.45, 2.75) is 44.9 Å². The summed E-state index contributed by atoms with van der Waals surface area (Å²) < 4.78 is 0. The number of hydrogen-bond donors (Lipinski definition) is 1. The van der Waals surface area contributed by atoms with Gasteiger partial charge in [-0.15, -0.1) is 11.3 Å². The lowest BCUT2D eigenvalue weighted by Crippen LogP contribution is -2.05. The molecule has 0 spiro atoms. The molecule has 2 rings (SSSR count). The van der Waals surface area contributed by atoms with Gasteiger partial charge in [0.25, 0.3) is 0 Å². The summed E-state index contributed by atoms with van der Waals surface area (Å²) in [4.78, 5) is 6.27. The highest BCUT2D eigenvalue weighted by Gasteiger charge is 2.26. The Bertz CT molecular complexity index is 317. The first-order valence-electron chi connectivity index (χ1n) is 5.42. The van der Waals surface area contributed by atoms with Gasteiger partial charge in [-0.3, -0.25) is 0 Å². The second-order valence-corrected chi connectivity index (χ2v) is 5.44. The van der Waals surface area contributed by atoms with E-state index in [-0.39, 0.29) is 0 Å². The van der Waals surface area contributed by atoms with Crippen LogP contribution in [-0.2, 0) is 6.42 Å². The fourth-order valence-electron chi connectivity index (χ4n) is 2.05. The normalized spacial score (nSPS) is 20.4. The summed E-state index contributed by atoms with van der Waals surface area (Å²) in [5.41, 5.74) is 6.97. The number of nitrogens with two attached hydrogens (primary N) is 1. The van der Waals surface area contributed by atoms with Gasteiger partial charge in [0.05, 0.1) is 10.7 Å². The molecule has 1 aromatic rings. The van der Waals surface area contributed by atoms with E-state index in [1.165, 1.54) is 28.4 Å². The van der Waals surface area contributed by atoms with Crippen molar-refractivity contribution in [3.63, 3.8) is 0 Å². The molecule has 1 heterocycles. The molecule has 2 nitrogen and oxygen atoms in total. The Hall–Kier alpha value is -0.410. The molecular formula is C11H18N2S. The number of nitrogens with zero attached hydrogens (tertiary/aromatic N) is 1. The highest BCUT2D eigenvalue weighted by molar-refractivity contribution is 7.11. The third-order valence-corrected chi connectivity index (χ3v) is 4.29. The van der Waals surface area contributed by atoms with Crippen LogP contribution in [0.3, 0.4) is 0 Å². The van der Waals surface area contributed by atoms with Gasteiger partial charge in [-0.25, -0.2) is 4.98 Å². The van der Waals surface area contributed by atoms with Gasteiger partial charge < -0.3 is 5.73 Å². The van der Waals surface area contributed by atoms with E-state index in [0.29, 0.717) is 11.8 Å². The number of thiazole rings is 1. The fraction of sp³-hybridized carbons (Fsp3) is 0.727. The quantitative estimate of drug-likeness (QED) is 0.833. The number of aryl methyl sites for hydroxylation is 1. The minimum Gasteiger partial charge on any atom is -0.330 e. The lowest BCUT2D eigenvalue weighted by Gasteiger charge is -2.06. The van der Waals surface area contributed by atoms with Crippen LogP contribution in [0.5, 0.6) is 0 Å². The molecule has 1 aromatic heterocycles.